The van der Waals surface area contributed by atoms with E-state index in [1.54, 1.807) is 0 Å². The summed E-state index contributed by atoms with van der Waals surface area (Å²) >= 11 is 2.79. The predicted molar refractivity (Wildman–Crippen MR) is 89.1 cm³/mol. The molecule has 2 N–H and O–H groups in total. The van der Waals surface area contributed by atoms with Crippen LogP contribution in [0.4, 0.5) is 0 Å². The summed E-state index contributed by atoms with van der Waals surface area (Å²) in [4.78, 5) is 1.77. The van der Waals surface area contributed by atoms with E-state index in [2.05, 4.69) is 0 Å². The van der Waals surface area contributed by atoms with Gasteiger partial charge in [-0.2, -0.15) is 5.23 Å². The smallest absolute Gasteiger partial charge is 0.217 e. The number of thioether (sulfide) groups is 2. The first-order valence-electron chi connectivity index (χ1n) is 6.39. The lowest BCUT2D eigenvalue weighted by atomic mass is 10.2. The molecule has 0 saturated carbocycles. The predicted octanol–water partition coefficient (Wildman–Crippen LogP) is 3.56. The number of quaternary nitrogens is 1. The highest BCUT2D eigenvalue weighted by molar-refractivity contribution is 8.19. The van der Waals surface area contributed by atoms with Gasteiger partial charge in [-0.15, -0.1) is 0 Å². The Morgan fingerprint density at radius 1 is 0.857 bits per heavy atom. The Balaban J connectivity index is 1.95. The molecule has 0 radical (unpaired) electrons. The molecule has 3 nitrogen and oxygen atoms in total. The van der Waals surface area contributed by atoms with E-state index in [1.807, 2.05) is 66.1 Å². The molecule has 2 aromatic rings. The van der Waals surface area contributed by atoms with Gasteiger partial charge in [-0.3, -0.25) is 0 Å². The molecule has 0 bridgehead atoms. The lowest BCUT2D eigenvalue weighted by Crippen LogP contribution is -3.02. The number of hydrogen-bond acceptors (Lipinski definition) is 4. The SMILES string of the molecule is [O-][NH+](O)C1=C(c2ccccc2)SC=C(c2ccccc2)S1. The summed E-state index contributed by atoms with van der Waals surface area (Å²) < 4.78 is 0. The van der Waals surface area contributed by atoms with E-state index in [-0.39, 0.29) is 0 Å². The van der Waals surface area contributed by atoms with Gasteiger partial charge in [0.1, 0.15) is 0 Å². The van der Waals surface area contributed by atoms with E-state index in [9.17, 15) is 10.4 Å². The minimum Gasteiger partial charge on any atom is -0.594 e. The molecule has 106 valence electrons. The van der Waals surface area contributed by atoms with Gasteiger partial charge in [0.25, 0.3) is 0 Å². The van der Waals surface area contributed by atoms with Gasteiger partial charge in [-0.25, -0.2) is 5.21 Å². The molecule has 3 rings (SSSR count). The maximum absolute atomic E-state index is 11.6. The van der Waals surface area contributed by atoms with Crippen molar-refractivity contribution in [3.8, 4) is 0 Å². The molecule has 0 aromatic heterocycles. The standard InChI is InChI=1S/C16H13NO2S2/c18-17(19)16-15(13-9-5-2-6-10-13)20-11-14(21-16)12-7-3-1-4-8-12/h1-11,17-18H. The molecule has 5 heteroatoms. The first-order chi connectivity index (χ1) is 10.3. The topological polar surface area (TPSA) is 47.7 Å². The minimum absolute atomic E-state index is 0.382. The molecule has 0 fully saturated rings. The summed E-state index contributed by atoms with van der Waals surface area (Å²) in [5, 5.41) is 22.6. The van der Waals surface area contributed by atoms with Gasteiger partial charge in [0.05, 0.1) is 4.91 Å². The molecule has 0 saturated heterocycles. The third-order valence-corrected chi connectivity index (χ3v) is 5.45. The third-order valence-electron chi connectivity index (χ3n) is 2.99. The van der Waals surface area contributed by atoms with Crippen molar-refractivity contribution in [2.24, 2.45) is 0 Å². The molecule has 1 atom stereocenters. The van der Waals surface area contributed by atoms with Gasteiger partial charge in [-0.1, -0.05) is 72.4 Å². The van der Waals surface area contributed by atoms with Crippen LogP contribution in [0.3, 0.4) is 0 Å². The Kier molecular flexibility index (Phi) is 4.48. The summed E-state index contributed by atoms with van der Waals surface area (Å²) in [6.07, 6.45) is 0. The minimum atomic E-state index is -0.882. The molecular formula is C16H13NO2S2. The number of rotatable bonds is 3. The summed E-state index contributed by atoms with van der Waals surface area (Å²) in [6.45, 7) is 0. The van der Waals surface area contributed by atoms with Crippen molar-refractivity contribution >= 4 is 33.3 Å². The van der Waals surface area contributed by atoms with E-state index in [0.717, 1.165) is 20.9 Å². The van der Waals surface area contributed by atoms with Crippen molar-refractivity contribution in [3.05, 3.63) is 87.4 Å². The Labute approximate surface area is 131 Å². The highest BCUT2D eigenvalue weighted by Crippen LogP contribution is 2.46. The fraction of sp³-hybridized carbons (Fsp3) is 0. The fourth-order valence-electron chi connectivity index (χ4n) is 2.01. The Hall–Kier alpha value is -1.50. The number of benzene rings is 2. The number of nitrogens with one attached hydrogen (secondary N) is 1. The molecular weight excluding hydrogens is 302 g/mol. The van der Waals surface area contributed by atoms with Crippen LogP contribution in [0, 0.1) is 5.21 Å². The van der Waals surface area contributed by atoms with Gasteiger partial charge in [0.15, 0.2) is 0 Å². The summed E-state index contributed by atoms with van der Waals surface area (Å²) in [5.74, 6) is 0. The van der Waals surface area contributed by atoms with E-state index in [1.165, 1.54) is 23.5 Å². The second-order valence-corrected chi connectivity index (χ2v) is 6.33. The zero-order valence-corrected chi connectivity index (χ0v) is 12.7. The van der Waals surface area contributed by atoms with Crippen LogP contribution in [0.1, 0.15) is 11.1 Å². The second kappa shape index (κ2) is 6.51. The number of hydroxylamine groups is 2. The van der Waals surface area contributed by atoms with Crippen molar-refractivity contribution in [1.82, 2.24) is 0 Å². The van der Waals surface area contributed by atoms with Crippen LogP contribution in [0.25, 0.3) is 9.81 Å². The zero-order valence-electron chi connectivity index (χ0n) is 11.0. The van der Waals surface area contributed by atoms with Crippen LogP contribution in [0.2, 0.25) is 0 Å². The maximum atomic E-state index is 11.6. The monoisotopic (exact) mass is 315 g/mol. The average Bonchev–Trinajstić information content (AvgIpc) is 2.56. The largest absolute Gasteiger partial charge is 0.594 e. The molecule has 0 aliphatic carbocycles. The first-order valence-corrected chi connectivity index (χ1v) is 8.08. The van der Waals surface area contributed by atoms with Gasteiger partial charge in [-0.05, 0) is 28.3 Å². The first kappa shape index (κ1) is 14.4. The van der Waals surface area contributed by atoms with E-state index < -0.39 is 5.23 Å². The average molecular weight is 315 g/mol. The molecule has 0 amide bonds. The maximum Gasteiger partial charge on any atom is 0.217 e. The van der Waals surface area contributed by atoms with Gasteiger partial charge >= 0.3 is 0 Å². The van der Waals surface area contributed by atoms with E-state index >= 15 is 0 Å². The normalized spacial score (nSPS) is 16.6. The van der Waals surface area contributed by atoms with E-state index in [0.29, 0.717) is 5.03 Å². The van der Waals surface area contributed by atoms with Crippen molar-refractivity contribution in [3.63, 3.8) is 0 Å². The third kappa shape index (κ3) is 3.23. The van der Waals surface area contributed by atoms with Gasteiger partial charge in [0, 0.05) is 4.91 Å². The lowest BCUT2D eigenvalue weighted by Gasteiger charge is -2.22. The zero-order chi connectivity index (χ0) is 14.7. The van der Waals surface area contributed by atoms with Crippen LogP contribution in [0.15, 0.2) is 71.1 Å². The van der Waals surface area contributed by atoms with Crippen molar-refractivity contribution < 1.29 is 10.4 Å². The van der Waals surface area contributed by atoms with Crippen LogP contribution < -0.4 is 5.23 Å². The number of hydrogen-bond donors (Lipinski definition) is 2. The van der Waals surface area contributed by atoms with Gasteiger partial charge in [0.2, 0.25) is 5.03 Å². The van der Waals surface area contributed by atoms with Crippen molar-refractivity contribution in [2.75, 3.05) is 0 Å². The van der Waals surface area contributed by atoms with Crippen LogP contribution >= 0.6 is 23.5 Å². The van der Waals surface area contributed by atoms with Crippen LogP contribution in [-0.2, 0) is 0 Å². The second-order valence-electron chi connectivity index (χ2n) is 4.40. The molecule has 1 aliphatic rings. The molecule has 21 heavy (non-hydrogen) atoms. The van der Waals surface area contributed by atoms with Gasteiger partial charge < -0.3 is 5.21 Å². The Morgan fingerprint density at radius 3 is 2.00 bits per heavy atom. The quantitative estimate of drug-likeness (QED) is 0.850. The highest BCUT2D eigenvalue weighted by atomic mass is 32.2. The fourth-order valence-corrected chi connectivity index (χ4v) is 4.21. The molecule has 1 aliphatic heterocycles. The Morgan fingerprint density at radius 2 is 1.43 bits per heavy atom. The Bertz CT molecular complexity index is 682. The van der Waals surface area contributed by atoms with Crippen molar-refractivity contribution in [2.45, 2.75) is 0 Å². The van der Waals surface area contributed by atoms with Crippen LogP contribution in [0.5, 0.6) is 0 Å². The van der Waals surface area contributed by atoms with Crippen LogP contribution in [-0.4, -0.2) is 5.21 Å². The highest BCUT2D eigenvalue weighted by Gasteiger charge is 2.23. The summed E-state index contributed by atoms with van der Waals surface area (Å²) in [6, 6.07) is 19.5. The molecule has 2 aromatic carbocycles. The van der Waals surface area contributed by atoms with Crippen molar-refractivity contribution in [1.29, 1.82) is 0 Å². The summed E-state index contributed by atoms with van der Waals surface area (Å²) in [5.41, 5.74) is 1.98. The molecule has 1 unspecified atom stereocenters. The lowest BCUT2D eigenvalue weighted by molar-refractivity contribution is -1.01. The molecule has 0 spiro atoms. The summed E-state index contributed by atoms with van der Waals surface area (Å²) in [7, 11) is 0. The van der Waals surface area contributed by atoms with E-state index in [4.69, 9.17) is 0 Å². The molecule has 1 heterocycles.